The average molecular weight is 391 g/mol. The Morgan fingerprint density at radius 1 is 1.44 bits per heavy atom. The molecule has 1 saturated heterocycles. The molecular formula is C19H23ClN4O3. The number of H-pyrrole nitrogens is 1. The number of aromatic nitrogens is 3. The van der Waals surface area contributed by atoms with Crippen LogP contribution in [0.25, 0.3) is 0 Å². The summed E-state index contributed by atoms with van der Waals surface area (Å²) in [6, 6.07) is 5.29. The molecule has 1 unspecified atom stereocenters. The van der Waals surface area contributed by atoms with Gasteiger partial charge in [0.15, 0.2) is 5.82 Å². The molecule has 1 aromatic carbocycles. The Balaban J connectivity index is 1.45. The first-order valence-corrected chi connectivity index (χ1v) is 9.80. The van der Waals surface area contributed by atoms with E-state index in [1.807, 2.05) is 13.0 Å². The summed E-state index contributed by atoms with van der Waals surface area (Å²) in [5.74, 6) is 1.99. The molecular weight excluding hydrogens is 368 g/mol. The number of nitrogens with one attached hydrogen (secondary N) is 1. The summed E-state index contributed by atoms with van der Waals surface area (Å²) in [6.07, 6.45) is 4.07. The van der Waals surface area contributed by atoms with Gasteiger partial charge >= 0.3 is 0 Å². The molecule has 2 fully saturated rings. The normalized spacial score (nSPS) is 20.4. The number of rotatable bonds is 5. The number of morpholine rings is 1. The fourth-order valence-electron chi connectivity index (χ4n) is 3.20. The lowest BCUT2D eigenvalue weighted by molar-refractivity contribution is -0.0266. The van der Waals surface area contributed by atoms with Crippen molar-refractivity contribution in [1.29, 1.82) is 0 Å². The number of nitrogens with zero attached hydrogens (tertiary/aromatic N) is 3. The smallest absolute Gasteiger partial charge is 0.255 e. The highest BCUT2D eigenvalue weighted by Crippen LogP contribution is 2.30. The predicted molar refractivity (Wildman–Crippen MR) is 100 cm³/mol. The maximum Gasteiger partial charge on any atom is 0.255 e. The van der Waals surface area contributed by atoms with Crippen molar-refractivity contribution in [2.45, 2.75) is 44.8 Å². The predicted octanol–water partition coefficient (Wildman–Crippen LogP) is 3.17. The number of hydrogen-bond donors (Lipinski definition) is 1. The maximum atomic E-state index is 13.0. The lowest BCUT2D eigenvalue weighted by Gasteiger charge is -2.32. The van der Waals surface area contributed by atoms with Crippen LogP contribution in [0.3, 0.4) is 0 Å². The molecule has 144 valence electrons. The van der Waals surface area contributed by atoms with E-state index in [0.29, 0.717) is 41.9 Å². The molecule has 4 rings (SSSR count). The zero-order valence-corrected chi connectivity index (χ0v) is 16.0. The van der Waals surface area contributed by atoms with Gasteiger partial charge in [0.05, 0.1) is 29.8 Å². The highest BCUT2D eigenvalue weighted by Gasteiger charge is 2.29. The van der Waals surface area contributed by atoms with Gasteiger partial charge in [0.25, 0.3) is 5.91 Å². The molecule has 1 aliphatic carbocycles. The van der Waals surface area contributed by atoms with Crippen LogP contribution in [0.4, 0.5) is 0 Å². The maximum absolute atomic E-state index is 13.0. The summed E-state index contributed by atoms with van der Waals surface area (Å²) in [5.41, 5.74) is 0.475. The van der Waals surface area contributed by atoms with Gasteiger partial charge in [0.1, 0.15) is 17.7 Å². The van der Waals surface area contributed by atoms with E-state index in [9.17, 15) is 4.79 Å². The first kappa shape index (κ1) is 18.3. The third-order valence-electron chi connectivity index (χ3n) is 5.05. The minimum Gasteiger partial charge on any atom is -0.490 e. The number of hydrogen-bond acceptors (Lipinski definition) is 5. The molecule has 1 amide bonds. The number of carbonyl (C=O) groups excluding carboxylic acids is 1. The highest BCUT2D eigenvalue weighted by molar-refractivity contribution is 6.34. The molecule has 1 N–H and O–H groups in total. The van der Waals surface area contributed by atoms with E-state index >= 15 is 0 Å². The second-order valence-corrected chi connectivity index (χ2v) is 7.32. The van der Waals surface area contributed by atoms with E-state index in [1.54, 1.807) is 17.0 Å². The van der Waals surface area contributed by atoms with Crippen molar-refractivity contribution in [2.75, 3.05) is 19.7 Å². The summed E-state index contributed by atoms with van der Waals surface area (Å²) in [5, 5.41) is 7.50. The second kappa shape index (κ2) is 7.86. The van der Waals surface area contributed by atoms with Gasteiger partial charge in [-0.2, -0.15) is 5.10 Å². The van der Waals surface area contributed by atoms with Crippen LogP contribution in [0, 0.1) is 0 Å². The number of aromatic amines is 1. The van der Waals surface area contributed by atoms with Gasteiger partial charge in [-0.1, -0.05) is 18.5 Å². The fraction of sp³-hybridized carbons (Fsp3) is 0.526. The zero-order valence-electron chi connectivity index (χ0n) is 15.3. The number of ether oxygens (including phenoxy) is 2. The number of carbonyl (C=O) groups is 1. The minimum atomic E-state index is -0.334. The molecule has 0 radical (unpaired) electrons. The van der Waals surface area contributed by atoms with Crippen LogP contribution in [0.2, 0.25) is 5.02 Å². The van der Waals surface area contributed by atoms with E-state index in [-0.39, 0.29) is 18.1 Å². The summed E-state index contributed by atoms with van der Waals surface area (Å²) in [6.45, 7) is 3.35. The SMILES string of the molecule is CCc1nc(C2CN(C(=O)c3ccc(OC4CCC4)cc3Cl)CCO2)n[nH]1. The molecule has 27 heavy (non-hydrogen) atoms. The molecule has 2 heterocycles. The van der Waals surface area contributed by atoms with Crippen molar-refractivity contribution in [3.63, 3.8) is 0 Å². The first-order chi connectivity index (χ1) is 13.1. The van der Waals surface area contributed by atoms with Crippen LogP contribution in [-0.2, 0) is 11.2 Å². The Bertz CT molecular complexity index is 821. The molecule has 2 aromatic rings. The number of amides is 1. The topological polar surface area (TPSA) is 80.3 Å². The van der Waals surface area contributed by atoms with Crippen LogP contribution in [-0.4, -0.2) is 51.8 Å². The summed E-state index contributed by atoms with van der Waals surface area (Å²) < 4.78 is 11.6. The second-order valence-electron chi connectivity index (χ2n) is 6.92. The number of aryl methyl sites for hydroxylation is 1. The van der Waals surface area contributed by atoms with Crippen molar-refractivity contribution < 1.29 is 14.3 Å². The average Bonchev–Trinajstić information content (AvgIpc) is 3.14. The van der Waals surface area contributed by atoms with Crippen LogP contribution in [0.1, 0.15) is 54.3 Å². The van der Waals surface area contributed by atoms with Crippen molar-refractivity contribution in [1.82, 2.24) is 20.1 Å². The largest absolute Gasteiger partial charge is 0.490 e. The van der Waals surface area contributed by atoms with Gasteiger partial charge in [0, 0.05) is 13.0 Å². The van der Waals surface area contributed by atoms with Gasteiger partial charge in [-0.3, -0.25) is 9.89 Å². The van der Waals surface area contributed by atoms with E-state index in [4.69, 9.17) is 21.1 Å². The Kier molecular flexibility index (Phi) is 5.31. The van der Waals surface area contributed by atoms with E-state index in [2.05, 4.69) is 15.2 Å². The Hall–Kier alpha value is -2.12. The molecule has 1 aromatic heterocycles. The number of benzene rings is 1. The highest BCUT2D eigenvalue weighted by atomic mass is 35.5. The zero-order chi connectivity index (χ0) is 18.8. The molecule has 0 spiro atoms. The van der Waals surface area contributed by atoms with Crippen molar-refractivity contribution in [3.8, 4) is 5.75 Å². The summed E-state index contributed by atoms with van der Waals surface area (Å²) in [7, 11) is 0. The van der Waals surface area contributed by atoms with Crippen LogP contribution in [0.5, 0.6) is 5.75 Å². The van der Waals surface area contributed by atoms with Crippen LogP contribution in [0.15, 0.2) is 18.2 Å². The summed E-state index contributed by atoms with van der Waals surface area (Å²) >= 11 is 6.38. The fourth-order valence-corrected chi connectivity index (χ4v) is 3.45. The molecule has 1 saturated carbocycles. The monoisotopic (exact) mass is 390 g/mol. The van der Waals surface area contributed by atoms with E-state index < -0.39 is 0 Å². The summed E-state index contributed by atoms with van der Waals surface area (Å²) in [4.78, 5) is 19.1. The number of halogens is 1. The van der Waals surface area contributed by atoms with E-state index in [0.717, 1.165) is 25.1 Å². The molecule has 2 aliphatic rings. The molecule has 1 aliphatic heterocycles. The molecule has 1 atom stereocenters. The van der Waals surface area contributed by atoms with Crippen molar-refractivity contribution >= 4 is 17.5 Å². The molecule has 7 nitrogen and oxygen atoms in total. The van der Waals surface area contributed by atoms with Crippen molar-refractivity contribution in [3.05, 3.63) is 40.4 Å². The lowest BCUT2D eigenvalue weighted by atomic mass is 9.96. The lowest BCUT2D eigenvalue weighted by Crippen LogP contribution is -2.42. The minimum absolute atomic E-state index is 0.116. The molecule has 8 heteroatoms. The van der Waals surface area contributed by atoms with Gasteiger partial charge < -0.3 is 14.4 Å². The van der Waals surface area contributed by atoms with Crippen molar-refractivity contribution in [2.24, 2.45) is 0 Å². The third kappa shape index (κ3) is 3.94. The Labute approximate surface area is 163 Å². The van der Waals surface area contributed by atoms with Gasteiger partial charge in [0.2, 0.25) is 0 Å². The van der Waals surface area contributed by atoms with Gasteiger partial charge in [-0.15, -0.1) is 0 Å². The standard InChI is InChI=1S/C19H23ClN4O3/c1-2-17-21-18(23-22-17)16-11-24(8-9-26-16)19(25)14-7-6-13(10-15(14)20)27-12-4-3-5-12/h6-7,10,12,16H,2-5,8-9,11H2,1H3,(H,21,22,23). The van der Waals surface area contributed by atoms with E-state index in [1.165, 1.54) is 6.42 Å². The van der Waals surface area contributed by atoms with Crippen LogP contribution < -0.4 is 4.74 Å². The first-order valence-electron chi connectivity index (χ1n) is 9.42. The third-order valence-corrected chi connectivity index (χ3v) is 5.36. The quantitative estimate of drug-likeness (QED) is 0.848. The molecule has 0 bridgehead atoms. The Morgan fingerprint density at radius 3 is 2.96 bits per heavy atom. The van der Waals surface area contributed by atoms with Crippen LogP contribution >= 0.6 is 11.6 Å². The Morgan fingerprint density at radius 2 is 2.30 bits per heavy atom. The van der Waals surface area contributed by atoms with Gasteiger partial charge in [-0.05, 0) is 37.5 Å². The van der Waals surface area contributed by atoms with Gasteiger partial charge in [-0.25, -0.2) is 4.98 Å².